The van der Waals surface area contributed by atoms with Gasteiger partial charge < -0.3 is 9.47 Å². The summed E-state index contributed by atoms with van der Waals surface area (Å²) < 4.78 is 68.6. The van der Waals surface area contributed by atoms with Crippen LogP contribution in [-0.4, -0.2) is 6.61 Å². The Balaban J connectivity index is 1.50. The Bertz CT molecular complexity index is 1350. The van der Waals surface area contributed by atoms with Gasteiger partial charge in [-0.2, -0.15) is 4.39 Å². The Hall–Kier alpha value is -4.06. The average molecular weight is 478 g/mol. The zero-order valence-corrected chi connectivity index (χ0v) is 19.0. The van der Waals surface area contributed by atoms with E-state index in [0.717, 1.165) is 5.56 Å². The van der Waals surface area contributed by atoms with Gasteiger partial charge in [0, 0.05) is 16.7 Å². The van der Waals surface area contributed by atoms with Gasteiger partial charge in [0.25, 0.3) is 0 Å². The van der Waals surface area contributed by atoms with Crippen LogP contribution in [0.3, 0.4) is 0 Å². The third kappa shape index (κ3) is 5.06. The number of benzene rings is 4. The molecule has 0 atom stereocenters. The molecule has 0 fully saturated rings. The smallest absolute Gasteiger partial charge is 0.201 e. The standard InChI is InChI=1S/C29H22F4O2/c1-3-18-5-7-19(8-6-18)23-14-15-24(28(32)27(23)31)20-9-12-22(13-10-20)35-17-21-11-16-25(34-4-2)29(33)26(21)30/h3,5-16H,1,4,17H2,2H3. The molecule has 0 radical (unpaired) electrons. The Morgan fingerprint density at radius 1 is 0.657 bits per heavy atom. The molecule has 0 spiro atoms. The molecule has 0 aliphatic rings. The lowest BCUT2D eigenvalue weighted by atomic mass is 9.98. The van der Waals surface area contributed by atoms with Crippen LogP contribution in [0.2, 0.25) is 0 Å². The van der Waals surface area contributed by atoms with Gasteiger partial charge in [0.2, 0.25) is 5.82 Å². The van der Waals surface area contributed by atoms with E-state index in [1.54, 1.807) is 61.5 Å². The summed E-state index contributed by atoms with van der Waals surface area (Å²) in [5.74, 6) is -3.81. The molecule has 6 heteroatoms. The topological polar surface area (TPSA) is 18.5 Å². The lowest BCUT2D eigenvalue weighted by Crippen LogP contribution is -2.03. The van der Waals surface area contributed by atoms with Crippen LogP contribution < -0.4 is 9.47 Å². The molecular formula is C29H22F4O2. The first-order valence-corrected chi connectivity index (χ1v) is 11.0. The van der Waals surface area contributed by atoms with E-state index in [4.69, 9.17) is 9.47 Å². The molecule has 0 bridgehead atoms. The summed E-state index contributed by atoms with van der Waals surface area (Å²) >= 11 is 0. The number of halogens is 4. The van der Waals surface area contributed by atoms with E-state index in [2.05, 4.69) is 6.58 Å². The van der Waals surface area contributed by atoms with Gasteiger partial charge in [0.1, 0.15) is 12.4 Å². The van der Waals surface area contributed by atoms with Crippen LogP contribution in [-0.2, 0) is 6.61 Å². The predicted molar refractivity (Wildman–Crippen MR) is 129 cm³/mol. The lowest BCUT2D eigenvalue weighted by molar-refractivity contribution is 0.289. The largest absolute Gasteiger partial charge is 0.491 e. The molecule has 2 nitrogen and oxygen atoms in total. The highest BCUT2D eigenvalue weighted by Crippen LogP contribution is 2.32. The Kier molecular flexibility index (Phi) is 7.20. The second-order valence-electron chi connectivity index (χ2n) is 7.71. The molecule has 0 saturated heterocycles. The zero-order valence-electron chi connectivity index (χ0n) is 19.0. The number of ether oxygens (including phenoxy) is 2. The average Bonchev–Trinajstić information content (AvgIpc) is 2.88. The Morgan fingerprint density at radius 2 is 1.23 bits per heavy atom. The Labute approximate surface area is 201 Å². The maximum absolute atomic E-state index is 14.9. The van der Waals surface area contributed by atoms with Crippen molar-refractivity contribution < 1.29 is 27.0 Å². The van der Waals surface area contributed by atoms with Gasteiger partial charge in [0.15, 0.2) is 23.2 Å². The van der Waals surface area contributed by atoms with E-state index < -0.39 is 23.3 Å². The molecule has 0 amide bonds. The fraction of sp³-hybridized carbons (Fsp3) is 0.103. The first kappa shape index (κ1) is 24.1. The maximum Gasteiger partial charge on any atom is 0.201 e. The van der Waals surface area contributed by atoms with Gasteiger partial charge in [-0.1, -0.05) is 61.2 Å². The fourth-order valence-corrected chi connectivity index (χ4v) is 3.64. The molecule has 4 rings (SSSR count). The van der Waals surface area contributed by atoms with Crippen molar-refractivity contribution in [1.29, 1.82) is 0 Å². The minimum atomic E-state index is -1.07. The van der Waals surface area contributed by atoms with Crippen molar-refractivity contribution in [2.75, 3.05) is 6.61 Å². The van der Waals surface area contributed by atoms with E-state index in [1.807, 2.05) is 0 Å². The van der Waals surface area contributed by atoms with E-state index in [9.17, 15) is 17.6 Å². The molecule has 35 heavy (non-hydrogen) atoms. The van der Waals surface area contributed by atoms with Crippen molar-refractivity contribution in [2.45, 2.75) is 13.5 Å². The monoisotopic (exact) mass is 478 g/mol. The molecule has 0 saturated carbocycles. The molecular weight excluding hydrogens is 456 g/mol. The van der Waals surface area contributed by atoms with E-state index in [1.165, 1.54) is 24.3 Å². The van der Waals surface area contributed by atoms with Crippen LogP contribution in [0.25, 0.3) is 28.3 Å². The van der Waals surface area contributed by atoms with Crippen molar-refractivity contribution >= 4 is 6.08 Å². The predicted octanol–water partition coefficient (Wildman–Crippen LogP) is 8.20. The molecule has 0 aromatic heterocycles. The minimum Gasteiger partial charge on any atom is -0.491 e. The van der Waals surface area contributed by atoms with E-state index >= 15 is 0 Å². The first-order chi connectivity index (χ1) is 16.9. The first-order valence-electron chi connectivity index (χ1n) is 11.0. The SMILES string of the molecule is C=Cc1ccc(-c2ccc(-c3ccc(OCc4ccc(OCC)c(F)c4F)cc3)c(F)c2F)cc1. The summed E-state index contributed by atoms with van der Waals surface area (Å²) in [5, 5.41) is 0. The summed E-state index contributed by atoms with van der Waals surface area (Å²) in [5.41, 5.74) is 2.16. The van der Waals surface area contributed by atoms with Gasteiger partial charge in [-0.15, -0.1) is 0 Å². The molecule has 4 aromatic rings. The summed E-state index contributed by atoms with van der Waals surface area (Å²) in [6.45, 7) is 5.36. The third-order valence-electron chi connectivity index (χ3n) is 5.53. The van der Waals surface area contributed by atoms with Crippen LogP contribution >= 0.6 is 0 Å². The van der Waals surface area contributed by atoms with Gasteiger partial charge in [-0.3, -0.25) is 0 Å². The lowest BCUT2D eigenvalue weighted by Gasteiger charge is -2.12. The summed E-state index contributed by atoms with van der Waals surface area (Å²) in [6, 6.07) is 19.0. The van der Waals surface area contributed by atoms with Crippen molar-refractivity contribution in [3.63, 3.8) is 0 Å². The molecule has 0 heterocycles. The molecule has 178 valence electrons. The Morgan fingerprint density at radius 3 is 1.77 bits per heavy atom. The molecule has 0 unspecified atom stereocenters. The highest BCUT2D eigenvalue weighted by atomic mass is 19.2. The minimum absolute atomic E-state index is 0.0276. The second-order valence-corrected chi connectivity index (χ2v) is 7.71. The van der Waals surface area contributed by atoms with Crippen LogP contribution in [0.1, 0.15) is 18.1 Å². The van der Waals surface area contributed by atoms with Gasteiger partial charge >= 0.3 is 0 Å². The van der Waals surface area contributed by atoms with Crippen LogP contribution in [0.5, 0.6) is 11.5 Å². The molecule has 4 aromatic carbocycles. The third-order valence-corrected chi connectivity index (χ3v) is 5.53. The molecule has 0 aliphatic carbocycles. The fourth-order valence-electron chi connectivity index (χ4n) is 3.64. The van der Waals surface area contributed by atoms with E-state index in [0.29, 0.717) is 16.9 Å². The highest BCUT2D eigenvalue weighted by molar-refractivity contribution is 5.72. The number of rotatable bonds is 8. The number of hydrogen-bond acceptors (Lipinski definition) is 2. The van der Waals surface area contributed by atoms with Crippen molar-refractivity contribution in [3.05, 3.63) is 114 Å². The summed E-state index contributed by atoms with van der Waals surface area (Å²) in [7, 11) is 0. The van der Waals surface area contributed by atoms with E-state index in [-0.39, 0.29) is 35.7 Å². The van der Waals surface area contributed by atoms with Crippen molar-refractivity contribution in [2.24, 2.45) is 0 Å². The summed E-state index contributed by atoms with van der Waals surface area (Å²) in [6.07, 6.45) is 1.67. The summed E-state index contributed by atoms with van der Waals surface area (Å²) in [4.78, 5) is 0. The highest BCUT2D eigenvalue weighted by Gasteiger charge is 2.17. The molecule has 0 N–H and O–H groups in total. The van der Waals surface area contributed by atoms with Crippen molar-refractivity contribution in [3.8, 4) is 33.8 Å². The van der Waals surface area contributed by atoms with Gasteiger partial charge in [-0.25, -0.2) is 13.2 Å². The van der Waals surface area contributed by atoms with Gasteiger partial charge in [0.05, 0.1) is 6.61 Å². The zero-order chi connectivity index (χ0) is 24.9. The normalized spacial score (nSPS) is 10.8. The van der Waals surface area contributed by atoms with Crippen LogP contribution in [0.15, 0.2) is 79.4 Å². The van der Waals surface area contributed by atoms with Crippen LogP contribution in [0, 0.1) is 23.3 Å². The second kappa shape index (κ2) is 10.5. The quantitative estimate of drug-likeness (QED) is 0.238. The number of hydrogen-bond donors (Lipinski definition) is 0. The van der Waals surface area contributed by atoms with Crippen LogP contribution in [0.4, 0.5) is 17.6 Å². The van der Waals surface area contributed by atoms with Gasteiger partial charge in [-0.05, 0) is 47.9 Å². The molecule has 0 aliphatic heterocycles. The van der Waals surface area contributed by atoms with Crippen molar-refractivity contribution in [1.82, 2.24) is 0 Å². The maximum atomic E-state index is 14.9.